The van der Waals surface area contributed by atoms with Crippen LogP contribution in [0.5, 0.6) is 0 Å². The highest BCUT2D eigenvalue weighted by Gasteiger charge is 2.28. The lowest BCUT2D eigenvalue weighted by Crippen LogP contribution is -2.50. The van der Waals surface area contributed by atoms with E-state index in [-0.39, 0.29) is 11.8 Å². The zero-order valence-corrected chi connectivity index (χ0v) is 16.7. The number of aromatic nitrogens is 2. The minimum atomic E-state index is -0.158. The smallest absolute Gasteiger partial charge is 0.275 e. The standard InChI is InChI=1S/C20H18Cl2N4O2/c1-12-2-5-17-15(10-12)18(24-23-17)20(28)26-8-6-25(7-9-26)19(27)14-4-3-13(21)11-16(14)22/h2-5,10-11H,6-9H2,1H3,(H,23,24). The molecule has 6 nitrogen and oxygen atoms in total. The van der Waals surface area contributed by atoms with Crippen LogP contribution in [-0.2, 0) is 0 Å². The van der Waals surface area contributed by atoms with E-state index in [0.717, 1.165) is 16.5 Å². The molecule has 1 aliphatic rings. The Labute approximate surface area is 172 Å². The van der Waals surface area contributed by atoms with Crippen LogP contribution < -0.4 is 0 Å². The molecule has 0 spiro atoms. The minimum absolute atomic E-state index is 0.131. The van der Waals surface area contributed by atoms with Gasteiger partial charge in [0.25, 0.3) is 11.8 Å². The first-order chi connectivity index (χ1) is 13.4. The Morgan fingerprint density at radius 2 is 1.64 bits per heavy atom. The van der Waals surface area contributed by atoms with Crippen LogP contribution >= 0.6 is 23.2 Å². The van der Waals surface area contributed by atoms with E-state index in [9.17, 15) is 9.59 Å². The Kier molecular flexibility index (Phi) is 5.00. The zero-order chi connectivity index (χ0) is 19.8. The fourth-order valence-electron chi connectivity index (χ4n) is 3.39. The number of aryl methyl sites for hydroxylation is 1. The number of fused-ring (bicyclic) bond motifs is 1. The van der Waals surface area contributed by atoms with Crippen LogP contribution in [0.4, 0.5) is 0 Å². The Morgan fingerprint density at radius 3 is 2.32 bits per heavy atom. The second-order valence-electron chi connectivity index (χ2n) is 6.83. The van der Waals surface area contributed by atoms with Crippen molar-refractivity contribution in [2.45, 2.75) is 6.92 Å². The number of nitrogens with zero attached hydrogens (tertiary/aromatic N) is 3. The first kappa shape index (κ1) is 18.8. The van der Waals surface area contributed by atoms with Crippen LogP contribution in [0.25, 0.3) is 10.9 Å². The molecule has 1 aromatic heterocycles. The third-order valence-electron chi connectivity index (χ3n) is 4.94. The number of carbonyl (C=O) groups is 2. The predicted molar refractivity (Wildman–Crippen MR) is 109 cm³/mol. The van der Waals surface area contributed by atoms with Gasteiger partial charge in [-0.3, -0.25) is 14.7 Å². The van der Waals surface area contributed by atoms with Gasteiger partial charge in [0.15, 0.2) is 5.69 Å². The third-order valence-corrected chi connectivity index (χ3v) is 5.48. The molecule has 1 fully saturated rings. The number of hydrogen-bond acceptors (Lipinski definition) is 3. The molecule has 2 amide bonds. The lowest BCUT2D eigenvalue weighted by atomic mass is 10.1. The summed E-state index contributed by atoms with van der Waals surface area (Å²) in [6.45, 7) is 3.73. The maximum atomic E-state index is 12.9. The Hall–Kier alpha value is -2.57. The molecule has 0 atom stereocenters. The van der Waals surface area contributed by atoms with Crippen molar-refractivity contribution in [3.63, 3.8) is 0 Å². The number of carbonyl (C=O) groups excluding carboxylic acids is 2. The molecule has 0 unspecified atom stereocenters. The van der Waals surface area contributed by atoms with Gasteiger partial charge in [0.1, 0.15) is 0 Å². The zero-order valence-electron chi connectivity index (χ0n) is 15.2. The number of aromatic amines is 1. The summed E-state index contributed by atoms with van der Waals surface area (Å²) < 4.78 is 0. The summed E-state index contributed by atoms with van der Waals surface area (Å²) >= 11 is 12.0. The molecule has 144 valence electrons. The van der Waals surface area contributed by atoms with Crippen LogP contribution in [-0.4, -0.2) is 58.0 Å². The monoisotopic (exact) mass is 416 g/mol. The van der Waals surface area contributed by atoms with Crippen LogP contribution in [0.2, 0.25) is 10.0 Å². The summed E-state index contributed by atoms with van der Waals surface area (Å²) in [5.74, 6) is -0.289. The minimum Gasteiger partial charge on any atom is -0.335 e. The maximum Gasteiger partial charge on any atom is 0.275 e. The van der Waals surface area contributed by atoms with E-state index in [1.54, 1.807) is 28.0 Å². The number of H-pyrrole nitrogens is 1. The molecule has 2 aromatic carbocycles. The van der Waals surface area contributed by atoms with Crippen molar-refractivity contribution < 1.29 is 9.59 Å². The van der Waals surface area contributed by atoms with Crippen molar-refractivity contribution in [3.8, 4) is 0 Å². The summed E-state index contributed by atoms with van der Waals surface area (Å²) in [5.41, 5.74) is 2.73. The van der Waals surface area contributed by atoms with Gasteiger partial charge in [-0.1, -0.05) is 34.8 Å². The third kappa shape index (κ3) is 3.45. The summed E-state index contributed by atoms with van der Waals surface area (Å²) in [7, 11) is 0. The molecule has 0 radical (unpaired) electrons. The molecule has 0 saturated carbocycles. The first-order valence-corrected chi connectivity index (χ1v) is 9.68. The quantitative estimate of drug-likeness (QED) is 0.690. The highest BCUT2D eigenvalue weighted by Crippen LogP contribution is 2.24. The number of halogens is 2. The molecule has 0 bridgehead atoms. The van der Waals surface area contributed by atoms with Crippen molar-refractivity contribution in [3.05, 3.63) is 63.3 Å². The number of piperazine rings is 1. The molecule has 0 aliphatic carbocycles. The van der Waals surface area contributed by atoms with Gasteiger partial charge >= 0.3 is 0 Å². The molecule has 1 aliphatic heterocycles. The molecule has 4 rings (SSSR count). The lowest BCUT2D eigenvalue weighted by Gasteiger charge is -2.34. The van der Waals surface area contributed by atoms with Gasteiger partial charge < -0.3 is 9.80 Å². The Balaban J connectivity index is 1.47. The average Bonchev–Trinajstić information content (AvgIpc) is 3.10. The fourth-order valence-corrected chi connectivity index (χ4v) is 3.88. The predicted octanol–water partition coefficient (Wildman–Crippen LogP) is 3.78. The van der Waals surface area contributed by atoms with Crippen LogP contribution in [0.15, 0.2) is 36.4 Å². The first-order valence-electron chi connectivity index (χ1n) is 8.92. The fraction of sp³-hybridized carbons (Fsp3) is 0.250. The van der Waals surface area contributed by atoms with Gasteiger partial charge in [-0.25, -0.2) is 0 Å². The van der Waals surface area contributed by atoms with Gasteiger partial charge in [0.2, 0.25) is 0 Å². The van der Waals surface area contributed by atoms with Crippen molar-refractivity contribution in [2.24, 2.45) is 0 Å². The van der Waals surface area contributed by atoms with Gasteiger partial charge in [-0.05, 0) is 37.3 Å². The number of amides is 2. The van der Waals surface area contributed by atoms with Gasteiger partial charge in [0, 0.05) is 36.6 Å². The van der Waals surface area contributed by atoms with E-state index in [2.05, 4.69) is 10.2 Å². The largest absolute Gasteiger partial charge is 0.335 e. The highest BCUT2D eigenvalue weighted by molar-refractivity contribution is 6.36. The lowest BCUT2D eigenvalue weighted by molar-refractivity contribution is 0.0533. The number of nitrogens with one attached hydrogen (secondary N) is 1. The molecule has 2 heterocycles. The summed E-state index contributed by atoms with van der Waals surface area (Å²) in [6.07, 6.45) is 0. The van der Waals surface area contributed by atoms with E-state index >= 15 is 0 Å². The highest BCUT2D eigenvalue weighted by atomic mass is 35.5. The summed E-state index contributed by atoms with van der Waals surface area (Å²) in [6, 6.07) is 10.7. The molecule has 1 N–H and O–H groups in total. The molecular formula is C20H18Cl2N4O2. The second kappa shape index (κ2) is 7.45. The molecule has 28 heavy (non-hydrogen) atoms. The van der Waals surface area contributed by atoms with Crippen molar-refractivity contribution in [1.82, 2.24) is 20.0 Å². The van der Waals surface area contributed by atoms with Crippen LogP contribution in [0.1, 0.15) is 26.4 Å². The molecule has 3 aromatic rings. The molecule has 8 heteroatoms. The average molecular weight is 417 g/mol. The molecular weight excluding hydrogens is 399 g/mol. The van der Waals surface area contributed by atoms with E-state index in [0.29, 0.717) is 47.5 Å². The van der Waals surface area contributed by atoms with Crippen LogP contribution in [0.3, 0.4) is 0 Å². The van der Waals surface area contributed by atoms with E-state index in [1.807, 2.05) is 25.1 Å². The molecule has 1 saturated heterocycles. The maximum absolute atomic E-state index is 12.9. The van der Waals surface area contributed by atoms with Crippen molar-refractivity contribution in [2.75, 3.05) is 26.2 Å². The van der Waals surface area contributed by atoms with Crippen molar-refractivity contribution in [1.29, 1.82) is 0 Å². The topological polar surface area (TPSA) is 69.3 Å². The van der Waals surface area contributed by atoms with Gasteiger partial charge in [-0.2, -0.15) is 5.10 Å². The van der Waals surface area contributed by atoms with E-state index < -0.39 is 0 Å². The van der Waals surface area contributed by atoms with Gasteiger partial charge in [-0.15, -0.1) is 0 Å². The van der Waals surface area contributed by atoms with E-state index in [4.69, 9.17) is 23.2 Å². The van der Waals surface area contributed by atoms with Crippen LogP contribution in [0, 0.1) is 6.92 Å². The summed E-state index contributed by atoms with van der Waals surface area (Å²) in [4.78, 5) is 29.1. The normalized spacial score (nSPS) is 14.5. The summed E-state index contributed by atoms with van der Waals surface area (Å²) in [5, 5.41) is 8.74. The van der Waals surface area contributed by atoms with Gasteiger partial charge in [0.05, 0.1) is 16.1 Å². The Morgan fingerprint density at radius 1 is 0.964 bits per heavy atom. The van der Waals surface area contributed by atoms with E-state index in [1.165, 1.54) is 0 Å². The Bertz CT molecular complexity index is 1070. The van der Waals surface area contributed by atoms with Crippen molar-refractivity contribution >= 4 is 45.9 Å². The number of benzene rings is 2. The second-order valence-corrected chi connectivity index (χ2v) is 7.67. The number of rotatable bonds is 2. The number of hydrogen-bond donors (Lipinski definition) is 1. The SMILES string of the molecule is Cc1ccc2[nH]nc(C(=O)N3CCN(C(=O)c4ccc(Cl)cc4Cl)CC3)c2c1.